The number of fused-ring (bicyclic) bond motifs is 3. The first-order chi connectivity index (χ1) is 21.2. The first-order valence-corrected chi connectivity index (χ1v) is 15.8. The number of carbonyl (C=O) groups is 2. The van der Waals surface area contributed by atoms with E-state index in [1.165, 1.54) is 36.0 Å². The normalized spacial score (nSPS) is 23.5. The topological polar surface area (TPSA) is 96.3 Å². The number of benzene rings is 3. The van der Waals surface area contributed by atoms with Crippen LogP contribution in [-0.2, 0) is 20.7 Å². The van der Waals surface area contributed by atoms with Crippen LogP contribution >= 0.6 is 0 Å². The van der Waals surface area contributed by atoms with Gasteiger partial charge in [-0.25, -0.2) is 4.79 Å². The summed E-state index contributed by atoms with van der Waals surface area (Å²) in [6.07, 6.45) is 7.76. The molecular formula is C37H45NO6. The molecule has 5 atom stereocenters. The third kappa shape index (κ3) is 7.33. The van der Waals surface area contributed by atoms with Crippen LogP contribution < -0.4 is 4.74 Å². The molecule has 2 saturated heterocycles. The maximum absolute atomic E-state index is 12.4. The van der Waals surface area contributed by atoms with E-state index in [0.717, 1.165) is 31.2 Å². The molecule has 2 unspecified atom stereocenters. The van der Waals surface area contributed by atoms with Crippen molar-refractivity contribution >= 4 is 11.9 Å². The van der Waals surface area contributed by atoms with Crippen LogP contribution in [0.1, 0.15) is 86.5 Å². The standard InChI is InChI=1S/C20H22O3.C17H23NO3/c1-20(2,19(21)22)23-16-12-10-15(11-13-16)18-9-5-7-14-6-3-4-8-17(14)18;1-18-13-7-8-14(18)10-15(9-13)21-17(20)16(11-19)12-5-3-2-4-6-12/h3-4,6,8,10-13,18H,5,7,9H2,1-2H3,(H,21,22);2-6,13-16,19H,7-11H2,1H3/t;13-,14+,15+,16?. The Hall–Kier alpha value is -3.68. The summed E-state index contributed by atoms with van der Waals surface area (Å²) in [4.78, 5) is 25.9. The first kappa shape index (κ1) is 31.7. The second-order valence-corrected chi connectivity index (χ2v) is 12.9. The fourth-order valence-electron chi connectivity index (χ4n) is 6.91. The van der Waals surface area contributed by atoms with Crippen LogP contribution in [0.15, 0.2) is 78.9 Å². The van der Waals surface area contributed by atoms with Crippen molar-refractivity contribution in [3.05, 3.63) is 101 Å². The molecule has 2 fully saturated rings. The molecule has 3 aliphatic rings. The highest BCUT2D eigenvalue weighted by Crippen LogP contribution is 2.38. The molecule has 0 spiro atoms. The molecule has 3 aromatic rings. The second kappa shape index (κ2) is 14.0. The van der Waals surface area contributed by atoms with Gasteiger partial charge >= 0.3 is 11.9 Å². The highest BCUT2D eigenvalue weighted by molar-refractivity contribution is 5.78. The van der Waals surface area contributed by atoms with Gasteiger partial charge in [0.05, 0.1) is 6.61 Å². The Balaban J connectivity index is 0.000000175. The summed E-state index contributed by atoms with van der Waals surface area (Å²) in [7, 11) is 2.17. The largest absolute Gasteiger partial charge is 0.478 e. The Morgan fingerprint density at radius 1 is 0.909 bits per heavy atom. The second-order valence-electron chi connectivity index (χ2n) is 12.9. The number of aliphatic hydroxyl groups excluding tert-OH is 1. The molecule has 0 aromatic heterocycles. The van der Waals surface area contributed by atoms with E-state index in [0.29, 0.717) is 23.8 Å². The molecule has 2 N–H and O–H groups in total. The zero-order valence-corrected chi connectivity index (χ0v) is 26.0. The van der Waals surface area contributed by atoms with Crippen molar-refractivity contribution < 1.29 is 29.3 Å². The van der Waals surface area contributed by atoms with Crippen molar-refractivity contribution in [2.24, 2.45) is 0 Å². The van der Waals surface area contributed by atoms with Gasteiger partial charge in [-0.1, -0.05) is 66.7 Å². The molecule has 2 heterocycles. The van der Waals surface area contributed by atoms with Gasteiger partial charge in [-0.3, -0.25) is 4.79 Å². The Bertz CT molecular complexity index is 1390. The van der Waals surface area contributed by atoms with Crippen LogP contribution in [0.25, 0.3) is 0 Å². The minimum atomic E-state index is -1.22. The third-order valence-electron chi connectivity index (χ3n) is 9.55. The summed E-state index contributed by atoms with van der Waals surface area (Å²) >= 11 is 0. The summed E-state index contributed by atoms with van der Waals surface area (Å²) in [6, 6.07) is 27.0. The van der Waals surface area contributed by atoms with E-state index in [1.54, 1.807) is 13.8 Å². The summed E-state index contributed by atoms with van der Waals surface area (Å²) in [6.45, 7) is 2.91. The maximum Gasteiger partial charge on any atom is 0.347 e. The molecule has 6 rings (SSSR count). The lowest BCUT2D eigenvalue weighted by molar-refractivity contribution is -0.155. The zero-order valence-electron chi connectivity index (χ0n) is 26.0. The van der Waals surface area contributed by atoms with Crippen LogP contribution in [0.3, 0.4) is 0 Å². The molecule has 7 heteroatoms. The van der Waals surface area contributed by atoms with Gasteiger partial charge in [0.1, 0.15) is 17.8 Å². The molecule has 0 amide bonds. The Labute approximate surface area is 260 Å². The Kier molecular flexibility index (Phi) is 10.1. The SMILES string of the molecule is CC(C)(Oc1ccc(C2CCCc3ccccc32)cc1)C(=O)O.CN1[C@@H]2CC[C@H]1C[C@@H](OC(=O)C(CO)c1ccccc1)C2. The highest BCUT2D eigenvalue weighted by Gasteiger charge is 2.40. The number of hydrogen-bond donors (Lipinski definition) is 2. The Morgan fingerprint density at radius 3 is 2.18 bits per heavy atom. The van der Waals surface area contributed by atoms with E-state index in [9.17, 15) is 14.7 Å². The van der Waals surface area contributed by atoms with E-state index in [4.69, 9.17) is 14.6 Å². The molecule has 3 aromatic carbocycles. The van der Waals surface area contributed by atoms with Crippen LogP contribution in [0, 0.1) is 0 Å². The van der Waals surface area contributed by atoms with E-state index >= 15 is 0 Å². The number of carboxylic acid groups (broad SMARTS) is 1. The molecule has 7 nitrogen and oxygen atoms in total. The highest BCUT2D eigenvalue weighted by atomic mass is 16.5. The number of carbonyl (C=O) groups excluding carboxylic acids is 1. The smallest absolute Gasteiger partial charge is 0.347 e. The monoisotopic (exact) mass is 599 g/mol. The van der Waals surface area contributed by atoms with Gasteiger partial charge in [-0.05, 0) is 100 Å². The van der Waals surface area contributed by atoms with Gasteiger partial charge in [-0.15, -0.1) is 0 Å². The number of ether oxygens (including phenoxy) is 2. The van der Waals surface area contributed by atoms with Crippen molar-refractivity contribution in [1.82, 2.24) is 4.90 Å². The average Bonchev–Trinajstić information content (AvgIpc) is 3.21. The number of rotatable bonds is 8. The van der Waals surface area contributed by atoms with E-state index in [2.05, 4.69) is 48.3 Å². The van der Waals surface area contributed by atoms with Crippen LogP contribution in [0.4, 0.5) is 0 Å². The van der Waals surface area contributed by atoms with Crippen molar-refractivity contribution in [3.63, 3.8) is 0 Å². The number of esters is 1. The number of hydrogen-bond acceptors (Lipinski definition) is 6. The van der Waals surface area contributed by atoms with E-state index in [-0.39, 0.29) is 18.7 Å². The van der Waals surface area contributed by atoms with E-state index in [1.807, 2.05) is 42.5 Å². The number of aryl methyl sites for hydroxylation is 1. The van der Waals surface area contributed by atoms with Gasteiger partial charge in [0.15, 0.2) is 5.60 Å². The van der Waals surface area contributed by atoms with Crippen LogP contribution in [-0.4, -0.2) is 64.5 Å². The maximum atomic E-state index is 12.4. The van der Waals surface area contributed by atoms with Gasteiger partial charge in [0, 0.05) is 18.0 Å². The third-order valence-corrected chi connectivity index (χ3v) is 9.55. The van der Waals surface area contributed by atoms with Crippen LogP contribution in [0.5, 0.6) is 5.75 Å². The summed E-state index contributed by atoms with van der Waals surface area (Å²) in [5, 5.41) is 18.7. The van der Waals surface area contributed by atoms with E-state index < -0.39 is 17.5 Å². The van der Waals surface area contributed by atoms with Crippen molar-refractivity contribution in [3.8, 4) is 5.75 Å². The lowest BCUT2D eigenvalue weighted by atomic mass is 9.79. The van der Waals surface area contributed by atoms with Crippen molar-refractivity contribution in [2.75, 3.05) is 13.7 Å². The molecular weight excluding hydrogens is 554 g/mol. The van der Waals surface area contributed by atoms with Gasteiger partial charge in [-0.2, -0.15) is 0 Å². The molecule has 234 valence electrons. The fourth-order valence-corrected chi connectivity index (χ4v) is 6.91. The summed E-state index contributed by atoms with van der Waals surface area (Å²) in [5.41, 5.74) is 3.71. The first-order valence-electron chi connectivity index (χ1n) is 15.8. The number of piperidine rings is 1. The molecule has 1 aliphatic carbocycles. The average molecular weight is 600 g/mol. The van der Waals surface area contributed by atoms with Gasteiger partial charge in [0.2, 0.25) is 0 Å². The molecule has 0 radical (unpaired) electrons. The van der Waals surface area contributed by atoms with Crippen molar-refractivity contribution in [2.45, 2.75) is 94.4 Å². The fraction of sp³-hybridized carbons (Fsp3) is 0.459. The minimum absolute atomic E-state index is 0.00367. The predicted octanol–water partition coefficient (Wildman–Crippen LogP) is 6.33. The molecule has 2 aliphatic heterocycles. The minimum Gasteiger partial charge on any atom is -0.478 e. The number of carboxylic acids is 1. The predicted molar refractivity (Wildman–Crippen MR) is 170 cm³/mol. The molecule has 0 saturated carbocycles. The quantitative estimate of drug-likeness (QED) is 0.292. The Morgan fingerprint density at radius 2 is 1.55 bits per heavy atom. The number of nitrogens with zero attached hydrogens (tertiary/aromatic N) is 1. The number of aliphatic carboxylic acids is 1. The molecule has 2 bridgehead atoms. The summed E-state index contributed by atoms with van der Waals surface area (Å²) in [5.74, 6) is -0.823. The summed E-state index contributed by atoms with van der Waals surface area (Å²) < 4.78 is 11.3. The molecule has 44 heavy (non-hydrogen) atoms. The zero-order chi connectivity index (χ0) is 31.3. The van der Waals surface area contributed by atoms with Crippen molar-refractivity contribution in [1.29, 1.82) is 0 Å². The lowest BCUT2D eigenvalue weighted by Gasteiger charge is -2.36. The van der Waals surface area contributed by atoms with Crippen LogP contribution in [0.2, 0.25) is 0 Å². The lowest BCUT2D eigenvalue weighted by Crippen LogP contribution is -2.43. The van der Waals surface area contributed by atoms with Gasteiger partial charge < -0.3 is 24.6 Å². The van der Waals surface area contributed by atoms with Gasteiger partial charge in [0.25, 0.3) is 0 Å². The number of aliphatic hydroxyl groups is 1.